The fraction of sp³-hybridized carbons (Fsp3) is 0.235. The van der Waals surface area contributed by atoms with Crippen molar-refractivity contribution in [3.8, 4) is 5.75 Å². The fourth-order valence-electron chi connectivity index (χ4n) is 2.12. The second kappa shape index (κ2) is 6.24. The van der Waals surface area contributed by atoms with Gasteiger partial charge in [-0.1, -0.05) is 30.3 Å². The van der Waals surface area contributed by atoms with Crippen LogP contribution in [-0.4, -0.2) is 13.0 Å². The van der Waals surface area contributed by atoms with Crippen LogP contribution in [0.25, 0.3) is 0 Å². The van der Waals surface area contributed by atoms with Crippen molar-refractivity contribution in [2.45, 2.75) is 19.9 Å². The zero-order chi connectivity index (χ0) is 14.5. The van der Waals surface area contributed by atoms with Crippen molar-refractivity contribution in [2.24, 2.45) is 0 Å². The van der Waals surface area contributed by atoms with E-state index < -0.39 is 0 Å². The van der Waals surface area contributed by atoms with Gasteiger partial charge in [-0.2, -0.15) is 0 Å². The highest BCUT2D eigenvalue weighted by Crippen LogP contribution is 2.19. The molecule has 0 spiro atoms. The van der Waals surface area contributed by atoms with Crippen molar-refractivity contribution in [1.29, 1.82) is 0 Å². The van der Waals surface area contributed by atoms with E-state index in [4.69, 9.17) is 4.74 Å². The Balaban J connectivity index is 2.10. The molecule has 0 aliphatic carbocycles. The summed E-state index contributed by atoms with van der Waals surface area (Å²) in [5.74, 6) is 0.713. The summed E-state index contributed by atoms with van der Waals surface area (Å²) in [6, 6.07) is 15.3. The Bertz CT molecular complexity index is 593. The minimum Gasteiger partial charge on any atom is -0.496 e. The van der Waals surface area contributed by atoms with Gasteiger partial charge in [0.25, 0.3) is 5.91 Å². The summed E-state index contributed by atoms with van der Waals surface area (Å²) >= 11 is 0. The van der Waals surface area contributed by atoms with Crippen molar-refractivity contribution in [1.82, 2.24) is 5.32 Å². The summed E-state index contributed by atoms with van der Waals surface area (Å²) in [6.07, 6.45) is 0. The van der Waals surface area contributed by atoms with E-state index in [1.807, 2.05) is 56.3 Å². The monoisotopic (exact) mass is 269 g/mol. The van der Waals surface area contributed by atoms with E-state index in [0.717, 1.165) is 16.9 Å². The molecule has 1 N–H and O–H groups in total. The molecule has 0 unspecified atom stereocenters. The lowest BCUT2D eigenvalue weighted by Gasteiger charge is -2.15. The molecule has 2 aromatic carbocycles. The summed E-state index contributed by atoms with van der Waals surface area (Å²) in [4.78, 5) is 12.2. The molecular weight excluding hydrogens is 250 g/mol. The first-order valence-corrected chi connectivity index (χ1v) is 6.62. The Morgan fingerprint density at radius 2 is 1.85 bits per heavy atom. The van der Waals surface area contributed by atoms with Crippen LogP contribution in [-0.2, 0) is 0 Å². The van der Waals surface area contributed by atoms with Gasteiger partial charge in [-0.05, 0) is 43.2 Å². The maximum Gasteiger partial charge on any atom is 0.251 e. The highest BCUT2D eigenvalue weighted by atomic mass is 16.5. The second-order valence-electron chi connectivity index (χ2n) is 4.79. The summed E-state index contributed by atoms with van der Waals surface area (Å²) in [5, 5.41) is 3.00. The van der Waals surface area contributed by atoms with E-state index in [1.165, 1.54) is 0 Å². The van der Waals surface area contributed by atoms with Crippen molar-refractivity contribution in [3.05, 3.63) is 65.2 Å². The van der Waals surface area contributed by atoms with Crippen LogP contribution < -0.4 is 10.1 Å². The second-order valence-corrected chi connectivity index (χ2v) is 4.79. The van der Waals surface area contributed by atoms with Crippen LogP contribution >= 0.6 is 0 Å². The molecule has 0 bridgehead atoms. The summed E-state index contributed by atoms with van der Waals surface area (Å²) in [6.45, 7) is 3.90. The number of hydrogen-bond donors (Lipinski definition) is 1. The Morgan fingerprint density at radius 3 is 2.45 bits per heavy atom. The smallest absolute Gasteiger partial charge is 0.251 e. The van der Waals surface area contributed by atoms with E-state index in [-0.39, 0.29) is 11.9 Å². The molecule has 0 heterocycles. The maximum absolute atomic E-state index is 12.2. The minimum absolute atomic E-state index is 0.0221. The number of amides is 1. The first kappa shape index (κ1) is 14.1. The largest absolute Gasteiger partial charge is 0.496 e. The normalized spacial score (nSPS) is 11.8. The number of aryl methyl sites for hydroxylation is 1. The molecular formula is C17H19NO2. The number of methoxy groups -OCH3 is 1. The zero-order valence-electron chi connectivity index (χ0n) is 12.0. The molecule has 2 aromatic rings. The molecule has 3 heteroatoms. The number of carbonyl (C=O) groups is 1. The van der Waals surface area contributed by atoms with Gasteiger partial charge in [0, 0.05) is 5.56 Å². The Morgan fingerprint density at radius 1 is 1.15 bits per heavy atom. The van der Waals surface area contributed by atoms with Crippen molar-refractivity contribution < 1.29 is 9.53 Å². The number of benzene rings is 2. The third-order valence-corrected chi connectivity index (χ3v) is 3.30. The number of nitrogens with one attached hydrogen (secondary N) is 1. The molecule has 1 amide bonds. The Hall–Kier alpha value is -2.29. The van der Waals surface area contributed by atoms with E-state index in [9.17, 15) is 4.79 Å². The van der Waals surface area contributed by atoms with Gasteiger partial charge in [0.15, 0.2) is 0 Å². The van der Waals surface area contributed by atoms with Gasteiger partial charge in [-0.25, -0.2) is 0 Å². The first-order valence-electron chi connectivity index (χ1n) is 6.62. The molecule has 104 valence electrons. The first-order chi connectivity index (χ1) is 9.61. The average Bonchev–Trinajstić information content (AvgIpc) is 2.48. The van der Waals surface area contributed by atoms with E-state index in [0.29, 0.717) is 5.56 Å². The van der Waals surface area contributed by atoms with E-state index in [1.54, 1.807) is 13.2 Å². The van der Waals surface area contributed by atoms with Crippen molar-refractivity contribution in [2.75, 3.05) is 7.11 Å². The average molecular weight is 269 g/mol. The molecule has 3 nitrogen and oxygen atoms in total. The maximum atomic E-state index is 12.2. The SMILES string of the molecule is COc1ccc(C(=O)N[C@H](C)c2ccccc2)cc1C. The molecule has 0 aliphatic heterocycles. The summed E-state index contributed by atoms with van der Waals surface area (Å²) in [7, 11) is 1.62. The number of rotatable bonds is 4. The summed E-state index contributed by atoms with van der Waals surface area (Å²) < 4.78 is 5.20. The topological polar surface area (TPSA) is 38.3 Å². The van der Waals surface area contributed by atoms with Gasteiger partial charge in [-0.3, -0.25) is 4.79 Å². The Kier molecular flexibility index (Phi) is 4.41. The highest BCUT2D eigenvalue weighted by Gasteiger charge is 2.12. The molecule has 0 saturated heterocycles. The van der Waals surface area contributed by atoms with Crippen LogP contribution in [0.15, 0.2) is 48.5 Å². The lowest BCUT2D eigenvalue weighted by Crippen LogP contribution is -2.26. The molecule has 0 aromatic heterocycles. The standard InChI is InChI=1S/C17H19NO2/c1-12-11-15(9-10-16(12)20-3)17(19)18-13(2)14-7-5-4-6-8-14/h4-11,13H,1-3H3,(H,18,19)/t13-/m1/s1. The number of hydrogen-bond acceptors (Lipinski definition) is 2. The summed E-state index contributed by atoms with van der Waals surface area (Å²) in [5.41, 5.74) is 2.68. The third-order valence-electron chi connectivity index (χ3n) is 3.30. The molecule has 20 heavy (non-hydrogen) atoms. The van der Waals surface area contributed by atoms with Crippen LogP contribution in [0.5, 0.6) is 5.75 Å². The Labute approximate surface area is 119 Å². The van der Waals surface area contributed by atoms with E-state index >= 15 is 0 Å². The number of carbonyl (C=O) groups excluding carboxylic acids is 1. The van der Waals surface area contributed by atoms with Gasteiger partial charge in [-0.15, -0.1) is 0 Å². The molecule has 0 saturated carbocycles. The van der Waals surface area contributed by atoms with Crippen LogP contribution in [0, 0.1) is 6.92 Å². The van der Waals surface area contributed by atoms with Crippen LogP contribution in [0.1, 0.15) is 34.5 Å². The molecule has 0 radical (unpaired) electrons. The van der Waals surface area contributed by atoms with Gasteiger partial charge in [0.2, 0.25) is 0 Å². The molecule has 0 fully saturated rings. The predicted octanol–water partition coefficient (Wildman–Crippen LogP) is 3.49. The lowest BCUT2D eigenvalue weighted by molar-refractivity contribution is 0.0940. The van der Waals surface area contributed by atoms with Crippen molar-refractivity contribution >= 4 is 5.91 Å². The molecule has 0 aliphatic rings. The van der Waals surface area contributed by atoms with Crippen LogP contribution in [0.3, 0.4) is 0 Å². The quantitative estimate of drug-likeness (QED) is 0.922. The lowest BCUT2D eigenvalue weighted by atomic mass is 10.1. The third kappa shape index (κ3) is 3.18. The number of ether oxygens (including phenoxy) is 1. The van der Waals surface area contributed by atoms with Gasteiger partial charge in [0.1, 0.15) is 5.75 Å². The van der Waals surface area contributed by atoms with Crippen LogP contribution in [0.4, 0.5) is 0 Å². The van der Waals surface area contributed by atoms with Gasteiger partial charge >= 0.3 is 0 Å². The van der Waals surface area contributed by atoms with Gasteiger partial charge in [0.05, 0.1) is 13.2 Å². The molecule has 2 rings (SSSR count). The minimum atomic E-state index is -0.0768. The molecule has 1 atom stereocenters. The van der Waals surface area contributed by atoms with Crippen LogP contribution in [0.2, 0.25) is 0 Å². The van der Waals surface area contributed by atoms with E-state index in [2.05, 4.69) is 5.32 Å². The zero-order valence-corrected chi connectivity index (χ0v) is 12.0. The fourth-order valence-corrected chi connectivity index (χ4v) is 2.12. The predicted molar refractivity (Wildman–Crippen MR) is 80.1 cm³/mol. The highest BCUT2D eigenvalue weighted by molar-refractivity contribution is 5.94. The van der Waals surface area contributed by atoms with Gasteiger partial charge < -0.3 is 10.1 Å². The van der Waals surface area contributed by atoms with Crippen molar-refractivity contribution in [3.63, 3.8) is 0 Å².